The van der Waals surface area contributed by atoms with Gasteiger partial charge in [0, 0.05) is 36.5 Å². The van der Waals surface area contributed by atoms with E-state index in [0.717, 1.165) is 12.1 Å². The van der Waals surface area contributed by atoms with E-state index in [4.69, 9.17) is 4.74 Å². The quantitative estimate of drug-likeness (QED) is 0.838. The fourth-order valence-corrected chi connectivity index (χ4v) is 2.55. The molecule has 0 saturated carbocycles. The summed E-state index contributed by atoms with van der Waals surface area (Å²) in [5.41, 5.74) is 1.43. The van der Waals surface area contributed by atoms with Crippen molar-refractivity contribution in [2.24, 2.45) is 0 Å². The van der Waals surface area contributed by atoms with Crippen molar-refractivity contribution in [3.8, 4) is 5.75 Å². The molecule has 1 saturated heterocycles. The van der Waals surface area contributed by atoms with Gasteiger partial charge in [0.05, 0.1) is 12.8 Å². The topological polar surface area (TPSA) is 58.6 Å². The Morgan fingerprint density at radius 1 is 1.50 bits per heavy atom. The Morgan fingerprint density at radius 3 is 2.90 bits per heavy atom. The summed E-state index contributed by atoms with van der Waals surface area (Å²) in [6.45, 7) is 0.713. The molecule has 0 spiro atoms. The average molecular weight is 341 g/mol. The van der Waals surface area contributed by atoms with Gasteiger partial charge in [0.15, 0.2) is 0 Å². The van der Waals surface area contributed by atoms with Crippen LogP contribution in [0.4, 0.5) is 11.4 Å². The van der Waals surface area contributed by atoms with E-state index in [9.17, 15) is 9.59 Å². The number of alkyl halides is 1. The molecule has 0 aromatic heterocycles. The molecule has 108 valence electrons. The van der Waals surface area contributed by atoms with Gasteiger partial charge in [0.25, 0.3) is 0 Å². The van der Waals surface area contributed by atoms with Crippen LogP contribution in [0, 0.1) is 0 Å². The molecule has 6 heteroatoms. The molecule has 1 aromatic carbocycles. The van der Waals surface area contributed by atoms with Crippen molar-refractivity contribution in [1.82, 2.24) is 0 Å². The zero-order chi connectivity index (χ0) is 14.5. The zero-order valence-corrected chi connectivity index (χ0v) is 12.9. The Morgan fingerprint density at radius 2 is 2.30 bits per heavy atom. The lowest BCUT2D eigenvalue weighted by molar-refractivity contribution is -0.117. The van der Waals surface area contributed by atoms with Crippen LogP contribution in [0.3, 0.4) is 0 Å². The Balaban J connectivity index is 2.19. The molecule has 1 aromatic rings. The summed E-state index contributed by atoms with van der Waals surface area (Å²) in [4.78, 5) is 25.1. The number of hydrogen-bond donors (Lipinski definition) is 1. The predicted molar refractivity (Wildman–Crippen MR) is 81.6 cm³/mol. The van der Waals surface area contributed by atoms with Gasteiger partial charge in [-0.2, -0.15) is 0 Å². The molecule has 2 amide bonds. The van der Waals surface area contributed by atoms with Crippen molar-refractivity contribution in [1.29, 1.82) is 0 Å². The maximum Gasteiger partial charge on any atom is 0.227 e. The zero-order valence-electron chi connectivity index (χ0n) is 11.3. The maximum atomic E-state index is 11.8. The minimum atomic E-state index is -0.0612. The third-order valence-corrected chi connectivity index (χ3v) is 3.55. The highest BCUT2D eigenvalue weighted by Crippen LogP contribution is 2.33. The summed E-state index contributed by atoms with van der Waals surface area (Å²) in [5, 5.41) is 3.42. The summed E-state index contributed by atoms with van der Waals surface area (Å²) in [7, 11) is 1.56. The second-order valence-electron chi connectivity index (χ2n) is 4.52. The molecule has 0 atom stereocenters. The largest absolute Gasteiger partial charge is 0.494 e. The number of amides is 2. The van der Waals surface area contributed by atoms with Crippen molar-refractivity contribution in [3.63, 3.8) is 0 Å². The van der Waals surface area contributed by atoms with Crippen LogP contribution in [0.2, 0.25) is 0 Å². The second-order valence-corrected chi connectivity index (χ2v) is 5.32. The molecule has 1 aliphatic heterocycles. The van der Waals surface area contributed by atoms with E-state index in [0.29, 0.717) is 36.2 Å². The molecule has 1 fully saturated rings. The first-order valence-electron chi connectivity index (χ1n) is 6.50. The molecule has 1 heterocycles. The first kappa shape index (κ1) is 14.8. The number of halogens is 1. The number of hydrogen-bond acceptors (Lipinski definition) is 3. The molecule has 2 rings (SSSR count). The van der Waals surface area contributed by atoms with Crippen LogP contribution in [0.5, 0.6) is 5.75 Å². The molecule has 1 aliphatic rings. The molecule has 0 radical (unpaired) electrons. The van der Waals surface area contributed by atoms with Gasteiger partial charge in [-0.05, 0) is 18.6 Å². The summed E-state index contributed by atoms with van der Waals surface area (Å²) in [5.74, 6) is 0.644. The Bertz CT molecular complexity index is 519. The van der Waals surface area contributed by atoms with E-state index in [1.54, 1.807) is 24.1 Å². The second kappa shape index (κ2) is 6.74. The monoisotopic (exact) mass is 340 g/mol. The van der Waals surface area contributed by atoms with Crippen LogP contribution in [0.25, 0.3) is 0 Å². The van der Waals surface area contributed by atoms with Gasteiger partial charge >= 0.3 is 0 Å². The minimum Gasteiger partial charge on any atom is -0.494 e. The van der Waals surface area contributed by atoms with E-state index in [1.807, 2.05) is 6.07 Å². The van der Waals surface area contributed by atoms with Gasteiger partial charge in [-0.15, -0.1) is 0 Å². The summed E-state index contributed by atoms with van der Waals surface area (Å²) >= 11 is 3.22. The van der Waals surface area contributed by atoms with Crippen LogP contribution in [-0.2, 0) is 9.59 Å². The number of benzene rings is 1. The van der Waals surface area contributed by atoms with Crippen LogP contribution in [0.1, 0.15) is 19.3 Å². The molecule has 1 N–H and O–H groups in total. The van der Waals surface area contributed by atoms with E-state index >= 15 is 0 Å². The van der Waals surface area contributed by atoms with Crippen molar-refractivity contribution < 1.29 is 14.3 Å². The van der Waals surface area contributed by atoms with Crippen LogP contribution >= 0.6 is 15.9 Å². The Labute approximate surface area is 126 Å². The fourth-order valence-electron chi connectivity index (χ4n) is 2.19. The molecular formula is C14H17BrN2O3. The number of carbonyl (C=O) groups excluding carboxylic acids is 2. The van der Waals surface area contributed by atoms with E-state index < -0.39 is 0 Å². The lowest BCUT2D eigenvalue weighted by Gasteiger charge is -2.19. The molecular weight excluding hydrogens is 324 g/mol. The van der Waals surface area contributed by atoms with Gasteiger partial charge in [-0.3, -0.25) is 9.59 Å². The van der Waals surface area contributed by atoms with Gasteiger partial charge in [0.1, 0.15) is 5.75 Å². The minimum absolute atomic E-state index is 0.0612. The highest BCUT2D eigenvalue weighted by atomic mass is 79.9. The SMILES string of the molecule is COc1cc(NC(=O)CCBr)ccc1N1CCCC1=O. The standard InChI is InChI=1S/C14H17BrN2O3/c1-20-12-9-10(16-13(18)6-7-15)4-5-11(12)17-8-2-3-14(17)19/h4-5,9H,2-3,6-8H2,1H3,(H,16,18). The van der Waals surface area contributed by atoms with Gasteiger partial charge < -0.3 is 15.0 Å². The molecule has 0 unspecified atom stereocenters. The van der Waals surface area contributed by atoms with Crippen LogP contribution in [-0.4, -0.2) is 30.8 Å². The molecule has 20 heavy (non-hydrogen) atoms. The van der Waals surface area contributed by atoms with Crippen LogP contribution < -0.4 is 15.0 Å². The highest BCUT2D eigenvalue weighted by molar-refractivity contribution is 9.09. The number of ether oxygens (including phenoxy) is 1. The third kappa shape index (κ3) is 3.30. The number of rotatable bonds is 5. The molecule has 0 bridgehead atoms. The first-order valence-corrected chi connectivity index (χ1v) is 7.62. The van der Waals surface area contributed by atoms with Crippen molar-refractivity contribution >= 4 is 39.1 Å². The lowest BCUT2D eigenvalue weighted by Crippen LogP contribution is -2.24. The van der Waals surface area contributed by atoms with Gasteiger partial charge in [-0.25, -0.2) is 0 Å². The summed E-state index contributed by atoms with van der Waals surface area (Å²) in [6, 6.07) is 5.34. The van der Waals surface area contributed by atoms with Crippen molar-refractivity contribution in [2.45, 2.75) is 19.3 Å². The number of anilines is 2. The first-order chi connectivity index (χ1) is 9.65. The lowest BCUT2D eigenvalue weighted by atomic mass is 10.2. The summed E-state index contributed by atoms with van der Waals surface area (Å²) in [6.07, 6.45) is 1.85. The number of methoxy groups -OCH3 is 1. The normalized spacial score (nSPS) is 14.5. The van der Waals surface area contributed by atoms with Gasteiger partial charge in [0.2, 0.25) is 11.8 Å². The maximum absolute atomic E-state index is 11.8. The number of carbonyl (C=O) groups is 2. The fraction of sp³-hybridized carbons (Fsp3) is 0.429. The predicted octanol–water partition coefficient (Wildman–Crippen LogP) is 2.55. The molecule has 5 nitrogen and oxygen atoms in total. The molecule has 0 aliphatic carbocycles. The van der Waals surface area contributed by atoms with Crippen molar-refractivity contribution in [2.75, 3.05) is 29.2 Å². The van der Waals surface area contributed by atoms with E-state index in [2.05, 4.69) is 21.2 Å². The summed E-state index contributed by atoms with van der Waals surface area (Å²) < 4.78 is 5.33. The van der Waals surface area contributed by atoms with Crippen LogP contribution in [0.15, 0.2) is 18.2 Å². The van der Waals surface area contributed by atoms with E-state index in [-0.39, 0.29) is 11.8 Å². The Hall–Kier alpha value is -1.56. The Kier molecular flexibility index (Phi) is 5.00. The smallest absolute Gasteiger partial charge is 0.227 e. The average Bonchev–Trinajstić information content (AvgIpc) is 2.85. The highest BCUT2D eigenvalue weighted by Gasteiger charge is 2.24. The number of nitrogens with zero attached hydrogens (tertiary/aromatic N) is 1. The number of nitrogens with one attached hydrogen (secondary N) is 1. The van der Waals surface area contributed by atoms with Crippen molar-refractivity contribution in [3.05, 3.63) is 18.2 Å². The third-order valence-electron chi connectivity index (χ3n) is 3.15. The van der Waals surface area contributed by atoms with E-state index in [1.165, 1.54) is 0 Å². The van der Waals surface area contributed by atoms with Gasteiger partial charge in [-0.1, -0.05) is 15.9 Å².